The summed E-state index contributed by atoms with van der Waals surface area (Å²) in [6, 6.07) is 6.85. The molecule has 1 aromatic heterocycles. The standard InChI is InChI=1S/C13H8Cl2F3NO2/c14-6-8-5-9(15)12(19-7-8)20-10-3-1-2-4-11(10)21-13(16,17)18/h1-5,7H,6H2. The van der Waals surface area contributed by atoms with Gasteiger partial charge in [0.25, 0.3) is 0 Å². The van der Waals surface area contributed by atoms with E-state index in [1.807, 2.05) is 0 Å². The van der Waals surface area contributed by atoms with Gasteiger partial charge >= 0.3 is 6.36 Å². The second-order valence-electron chi connectivity index (χ2n) is 3.86. The highest BCUT2D eigenvalue weighted by Gasteiger charge is 2.32. The fraction of sp³-hybridized carbons (Fsp3) is 0.154. The van der Waals surface area contributed by atoms with Crippen molar-refractivity contribution in [2.45, 2.75) is 12.2 Å². The molecule has 0 N–H and O–H groups in total. The van der Waals surface area contributed by atoms with E-state index in [0.29, 0.717) is 5.56 Å². The van der Waals surface area contributed by atoms with Gasteiger partial charge in [0.2, 0.25) is 5.88 Å². The first-order chi connectivity index (χ1) is 9.89. The van der Waals surface area contributed by atoms with Crippen LogP contribution < -0.4 is 9.47 Å². The lowest BCUT2D eigenvalue weighted by Gasteiger charge is -2.13. The zero-order valence-electron chi connectivity index (χ0n) is 10.3. The largest absolute Gasteiger partial charge is 0.573 e. The van der Waals surface area contributed by atoms with Gasteiger partial charge in [-0.05, 0) is 23.8 Å². The van der Waals surface area contributed by atoms with Gasteiger partial charge in [-0.2, -0.15) is 0 Å². The Kier molecular flexibility index (Phi) is 4.80. The average molecular weight is 338 g/mol. The molecule has 2 rings (SSSR count). The van der Waals surface area contributed by atoms with Crippen molar-refractivity contribution in [2.75, 3.05) is 0 Å². The molecule has 0 aliphatic carbocycles. The van der Waals surface area contributed by atoms with Crippen LogP contribution in [-0.2, 0) is 5.88 Å². The molecule has 0 saturated carbocycles. The van der Waals surface area contributed by atoms with E-state index in [1.54, 1.807) is 0 Å². The van der Waals surface area contributed by atoms with Crippen LogP contribution >= 0.6 is 23.2 Å². The zero-order chi connectivity index (χ0) is 15.5. The molecule has 1 heterocycles. The van der Waals surface area contributed by atoms with Crippen molar-refractivity contribution in [1.82, 2.24) is 4.98 Å². The SMILES string of the molecule is FC(F)(F)Oc1ccccc1Oc1ncc(CCl)cc1Cl. The van der Waals surface area contributed by atoms with E-state index in [9.17, 15) is 13.2 Å². The first-order valence-corrected chi connectivity index (χ1v) is 6.53. The monoisotopic (exact) mass is 337 g/mol. The number of para-hydroxylation sites is 2. The lowest BCUT2D eigenvalue weighted by Crippen LogP contribution is -2.17. The number of ether oxygens (including phenoxy) is 2. The van der Waals surface area contributed by atoms with E-state index < -0.39 is 12.1 Å². The highest BCUT2D eigenvalue weighted by atomic mass is 35.5. The minimum absolute atomic E-state index is 0.0382. The highest BCUT2D eigenvalue weighted by Crippen LogP contribution is 2.36. The van der Waals surface area contributed by atoms with Gasteiger partial charge < -0.3 is 9.47 Å². The van der Waals surface area contributed by atoms with Gasteiger partial charge in [-0.1, -0.05) is 23.7 Å². The summed E-state index contributed by atoms with van der Waals surface area (Å²) >= 11 is 11.6. The van der Waals surface area contributed by atoms with Crippen molar-refractivity contribution in [3.63, 3.8) is 0 Å². The van der Waals surface area contributed by atoms with Gasteiger partial charge in [-0.3, -0.25) is 0 Å². The maximum atomic E-state index is 12.3. The van der Waals surface area contributed by atoms with Crippen molar-refractivity contribution in [1.29, 1.82) is 0 Å². The predicted octanol–water partition coefficient (Wildman–Crippen LogP) is 5.16. The van der Waals surface area contributed by atoms with Gasteiger partial charge in [0, 0.05) is 12.1 Å². The van der Waals surface area contributed by atoms with Gasteiger partial charge in [-0.15, -0.1) is 24.8 Å². The Morgan fingerprint density at radius 3 is 2.38 bits per heavy atom. The van der Waals surface area contributed by atoms with Crippen LogP contribution in [0.1, 0.15) is 5.56 Å². The maximum absolute atomic E-state index is 12.3. The van der Waals surface area contributed by atoms with Crippen LogP contribution in [0.25, 0.3) is 0 Å². The third kappa shape index (κ3) is 4.41. The van der Waals surface area contributed by atoms with E-state index in [1.165, 1.54) is 30.5 Å². The quantitative estimate of drug-likeness (QED) is 0.721. The predicted molar refractivity (Wildman–Crippen MR) is 72.0 cm³/mol. The molecule has 1 aromatic carbocycles. The molecule has 0 amide bonds. The average Bonchev–Trinajstić information content (AvgIpc) is 2.41. The molecule has 3 nitrogen and oxygen atoms in total. The van der Waals surface area contributed by atoms with E-state index in [0.717, 1.165) is 6.07 Å². The normalized spacial score (nSPS) is 11.3. The Bertz CT molecular complexity index is 635. The number of benzene rings is 1. The number of hydrogen-bond donors (Lipinski definition) is 0. The maximum Gasteiger partial charge on any atom is 0.573 e. The lowest BCUT2D eigenvalue weighted by molar-refractivity contribution is -0.275. The summed E-state index contributed by atoms with van der Waals surface area (Å²) < 4.78 is 46.1. The first-order valence-electron chi connectivity index (χ1n) is 5.62. The van der Waals surface area contributed by atoms with Crippen LogP contribution in [0.4, 0.5) is 13.2 Å². The van der Waals surface area contributed by atoms with Gasteiger partial charge in [0.05, 0.1) is 0 Å². The lowest BCUT2D eigenvalue weighted by atomic mass is 10.3. The van der Waals surface area contributed by atoms with Crippen LogP contribution in [0.2, 0.25) is 5.02 Å². The molecule has 0 unspecified atom stereocenters. The molecule has 0 radical (unpaired) electrons. The van der Waals surface area contributed by atoms with E-state index in [4.69, 9.17) is 27.9 Å². The molecule has 0 saturated heterocycles. The number of hydrogen-bond acceptors (Lipinski definition) is 3. The summed E-state index contributed by atoms with van der Waals surface area (Å²) in [6.45, 7) is 0. The number of rotatable bonds is 4. The fourth-order valence-electron chi connectivity index (χ4n) is 1.46. The smallest absolute Gasteiger partial charge is 0.434 e. The Hall–Kier alpha value is -1.66. The summed E-state index contributed by atoms with van der Waals surface area (Å²) in [5.41, 5.74) is 0.661. The summed E-state index contributed by atoms with van der Waals surface area (Å²) in [7, 11) is 0. The third-order valence-electron chi connectivity index (χ3n) is 2.30. The highest BCUT2D eigenvalue weighted by molar-refractivity contribution is 6.32. The number of aromatic nitrogens is 1. The van der Waals surface area contributed by atoms with Crippen molar-refractivity contribution >= 4 is 23.2 Å². The molecule has 112 valence electrons. The molecular weight excluding hydrogens is 330 g/mol. The van der Waals surface area contributed by atoms with E-state index in [2.05, 4.69) is 9.72 Å². The van der Waals surface area contributed by atoms with Gasteiger partial charge in [-0.25, -0.2) is 4.98 Å². The van der Waals surface area contributed by atoms with E-state index in [-0.39, 0.29) is 22.5 Å². The van der Waals surface area contributed by atoms with Crippen molar-refractivity contribution < 1.29 is 22.6 Å². The Morgan fingerprint density at radius 2 is 1.81 bits per heavy atom. The summed E-state index contributed by atoms with van der Waals surface area (Å²) in [5, 5.41) is 0.134. The second kappa shape index (κ2) is 6.41. The molecule has 0 spiro atoms. The first kappa shape index (κ1) is 15.7. The Morgan fingerprint density at radius 1 is 1.14 bits per heavy atom. The Labute approximate surface area is 128 Å². The molecule has 2 aromatic rings. The Balaban J connectivity index is 2.27. The molecule has 21 heavy (non-hydrogen) atoms. The van der Waals surface area contributed by atoms with Crippen LogP contribution in [0.3, 0.4) is 0 Å². The number of alkyl halides is 4. The van der Waals surface area contributed by atoms with Crippen molar-refractivity contribution in [3.8, 4) is 17.4 Å². The zero-order valence-corrected chi connectivity index (χ0v) is 11.8. The number of pyridine rings is 1. The minimum atomic E-state index is -4.82. The minimum Gasteiger partial charge on any atom is -0.434 e. The van der Waals surface area contributed by atoms with Crippen LogP contribution in [0.15, 0.2) is 36.5 Å². The molecule has 0 fully saturated rings. The second-order valence-corrected chi connectivity index (χ2v) is 4.54. The van der Waals surface area contributed by atoms with Crippen LogP contribution in [0.5, 0.6) is 17.4 Å². The van der Waals surface area contributed by atoms with Gasteiger partial charge in [0.1, 0.15) is 5.02 Å². The summed E-state index contributed by atoms with van der Waals surface area (Å²) in [4.78, 5) is 3.91. The molecule has 0 aliphatic rings. The molecule has 0 atom stereocenters. The molecule has 8 heteroatoms. The van der Waals surface area contributed by atoms with E-state index >= 15 is 0 Å². The third-order valence-corrected chi connectivity index (χ3v) is 2.88. The van der Waals surface area contributed by atoms with Gasteiger partial charge in [0.15, 0.2) is 11.5 Å². The summed E-state index contributed by atoms with van der Waals surface area (Å²) in [6.07, 6.45) is -3.40. The van der Waals surface area contributed by atoms with Crippen LogP contribution in [0, 0.1) is 0 Å². The molecule has 0 aliphatic heterocycles. The summed E-state index contributed by atoms with van der Waals surface area (Å²) in [5.74, 6) is -0.461. The number of nitrogens with zero attached hydrogens (tertiary/aromatic N) is 1. The molecule has 0 bridgehead atoms. The number of halogens is 5. The van der Waals surface area contributed by atoms with Crippen molar-refractivity contribution in [3.05, 3.63) is 47.1 Å². The van der Waals surface area contributed by atoms with Crippen LogP contribution in [-0.4, -0.2) is 11.3 Å². The van der Waals surface area contributed by atoms with Crippen molar-refractivity contribution in [2.24, 2.45) is 0 Å². The topological polar surface area (TPSA) is 31.4 Å². The fourth-order valence-corrected chi connectivity index (χ4v) is 1.83. The molecular formula is C13H8Cl2F3NO2.